The molecule has 0 bridgehead atoms. The molecule has 0 radical (unpaired) electrons. The fraction of sp³-hybridized carbons (Fsp3) is 0.917. The molecular formula is C48H76O19. The van der Waals surface area contributed by atoms with Gasteiger partial charge in [0.05, 0.1) is 24.7 Å². The van der Waals surface area contributed by atoms with Crippen molar-refractivity contribution < 1.29 is 94.2 Å². The number of allylic oxidation sites excluding steroid dienone is 2. The minimum atomic E-state index is -2.08. The first-order valence-corrected chi connectivity index (χ1v) is 24.3. The normalized spacial score (nSPS) is 52.7. The third-order valence-electron chi connectivity index (χ3n) is 19.3. The second-order valence-electron chi connectivity index (χ2n) is 23.5. The molecule has 4 saturated carbocycles. The summed E-state index contributed by atoms with van der Waals surface area (Å²) in [4.78, 5) is 25.8. The molecule has 0 aromatic rings. The number of carboxylic acids is 2. The van der Waals surface area contributed by atoms with Gasteiger partial charge in [0.2, 0.25) is 0 Å². The number of carbonyl (C=O) groups is 2. The number of hydrogen-bond acceptors (Lipinski definition) is 17. The fourth-order valence-corrected chi connectivity index (χ4v) is 15.1. The summed E-state index contributed by atoms with van der Waals surface area (Å²) in [5.41, 5.74) is -0.389. The van der Waals surface area contributed by atoms with E-state index in [0.29, 0.717) is 19.3 Å². The molecule has 0 amide bonds. The van der Waals surface area contributed by atoms with E-state index >= 15 is 0 Å². The highest BCUT2D eigenvalue weighted by molar-refractivity contribution is 5.76. The van der Waals surface area contributed by atoms with Crippen molar-refractivity contribution in [1.29, 1.82) is 0 Å². The van der Waals surface area contributed by atoms with Crippen LogP contribution in [0.3, 0.4) is 0 Å². The van der Waals surface area contributed by atoms with Crippen LogP contribution in [0.4, 0.5) is 0 Å². The van der Waals surface area contributed by atoms with E-state index in [1.54, 1.807) is 0 Å². The van der Waals surface area contributed by atoms with Gasteiger partial charge in [-0.15, -0.1) is 0 Å². The molecule has 11 N–H and O–H groups in total. The lowest BCUT2D eigenvalue weighted by atomic mass is 9.33. The Morgan fingerprint density at radius 3 is 1.85 bits per heavy atom. The Labute approximate surface area is 391 Å². The molecule has 0 spiro atoms. The standard InChI is InChI=1S/C48H76O19/c1-43(2)14-16-48(42(60)61)17-15-46(6)21(22(48)18-43)8-9-26-45(5)12-11-27(44(3,4)25(45)10-13-47(26,46)7)64-40-34(57)35(33(56)36(66-40)38(58)59)65-41-37(31(54)29(52)24(20-50)63-41)67-39-32(55)30(53)28(51)23(19-49)62-39/h8,22-37,39-41,49-57H,9-20H2,1-7H3,(H,58,59)(H,60,61)/t22-,23+,24+,25-,26-,27-,28+,29-,30-,31-,32+,33-,34+,35-,36-,37+,39-,40+,41-,45-,46+,47+,48-/m0/s1. The van der Waals surface area contributed by atoms with Gasteiger partial charge in [0.15, 0.2) is 25.0 Å². The molecule has 8 rings (SSSR count). The van der Waals surface area contributed by atoms with E-state index in [9.17, 15) is 65.8 Å². The summed E-state index contributed by atoms with van der Waals surface area (Å²) in [7, 11) is 0. The minimum absolute atomic E-state index is 0.0161. The van der Waals surface area contributed by atoms with Crippen molar-refractivity contribution in [2.75, 3.05) is 13.2 Å². The summed E-state index contributed by atoms with van der Waals surface area (Å²) < 4.78 is 35.5. The van der Waals surface area contributed by atoms with Gasteiger partial charge in [-0.1, -0.05) is 60.1 Å². The molecule has 3 saturated heterocycles. The second-order valence-corrected chi connectivity index (χ2v) is 23.5. The van der Waals surface area contributed by atoms with E-state index in [4.69, 9.17) is 28.4 Å². The SMILES string of the molecule is CC1(C)CC[C@]2(C(=O)O)CC[C@]3(C)C(=CC[C@H]4[C@@]5(C)CC[C@H](O[C@@H]6O[C@H](C(=O)O)[C@@H](O)[C@H](O[C@@H]7O[C@H](CO)[C@H](O)[C@H](O)[C@H]7O[C@@H]7O[C@H](CO)[C@@H](O)[C@H](O)[C@H]7O)[C@H]6O)C(C)(C)[C@@H]5CC[C@]43C)[C@@H]2C1. The maximum atomic E-state index is 13.1. The number of ether oxygens (including phenoxy) is 6. The average Bonchev–Trinajstić information content (AvgIpc) is 3.26. The molecule has 0 aromatic carbocycles. The smallest absolute Gasteiger partial charge is 0.335 e. The lowest BCUT2D eigenvalue weighted by Gasteiger charge is -2.71. The largest absolute Gasteiger partial charge is 0.481 e. The van der Waals surface area contributed by atoms with Crippen LogP contribution < -0.4 is 0 Å². The zero-order valence-corrected chi connectivity index (χ0v) is 39.7. The van der Waals surface area contributed by atoms with Crippen molar-refractivity contribution in [3.63, 3.8) is 0 Å². The maximum Gasteiger partial charge on any atom is 0.335 e. The number of carboxylic acid groups (broad SMARTS) is 2. The number of aliphatic hydroxyl groups excluding tert-OH is 9. The quantitative estimate of drug-likeness (QED) is 0.107. The van der Waals surface area contributed by atoms with Crippen LogP contribution >= 0.6 is 0 Å². The summed E-state index contributed by atoms with van der Waals surface area (Å²) in [6.07, 6.45) is -18.0. The highest BCUT2D eigenvalue weighted by Gasteiger charge is 2.70. The Kier molecular flexibility index (Phi) is 13.8. The van der Waals surface area contributed by atoms with Crippen LogP contribution in [0.2, 0.25) is 0 Å². The van der Waals surface area contributed by atoms with E-state index in [2.05, 4.69) is 54.5 Å². The highest BCUT2D eigenvalue weighted by atomic mass is 16.8. The van der Waals surface area contributed by atoms with Gasteiger partial charge in [-0.25, -0.2) is 4.79 Å². The van der Waals surface area contributed by atoms with Crippen LogP contribution in [0.15, 0.2) is 11.6 Å². The van der Waals surface area contributed by atoms with E-state index < -0.39 is 134 Å². The van der Waals surface area contributed by atoms with E-state index in [-0.39, 0.29) is 39.4 Å². The third-order valence-corrected chi connectivity index (χ3v) is 19.3. The second kappa shape index (κ2) is 18.0. The first-order valence-electron chi connectivity index (χ1n) is 24.3. The molecule has 0 aromatic heterocycles. The fourth-order valence-electron chi connectivity index (χ4n) is 15.1. The van der Waals surface area contributed by atoms with Crippen molar-refractivity contribution >= 4 is 11.9 Å². The van der Waals surface area contributed by atoms with Crippen molar-refractivity contribution in [2.45, 2.75) is 211 Å². The zero-order valence-electron chi connectivity index (χ0n) is 39.7. The van der Waals surface area contributed by atoms with Gasteiger partial charge < -0.3 is 84.6 Å². The van der Waals surface area contributed by atoms with Gasteiger partial charge in [-0.05, 0) is 109 Å². The zero-order chi connectivity index (χ0) is 49.1. The molecule has 3 aliphatic heterocycles. The van der Waals surface area contributed by atoms with Crippen LogP contribution in [0, 0.1) is 50.2 Å². The predicted octanol–water partition coefficient (Wildman–Crippen LogP) is 0.799. The summed E-state index contributed by atoms with van der Waals surface area (Å²) in [6, 6.07) is 0. The number of fused-ring (bicyclic) bond motifs is 7. The summed E-state index contributed by atoms with van der Waals surface area (Å²) >= 11 is 0. The van der Waals surface area contributed by atoms with Gasteiger partial charge >= 0.3 is 11.9 Å². The molecule has 5 aliphatic carbocycles. The molecule has 23 atom stereocenters. The Hall–Kier alpha value is -1.92. The van der Waals surface area contributed by atoms with Crippen molar-refractivity contribution in [2.24, 2.45) is 50.2 Å². The van der Waals surface area contributed by atoms with Crippen LogP contribution in [0.25, 0.3) is 0 Å². The summed E-state index contributed by atoms with van der Waals surface area (Å²) in [5, 5.41) is 118. The Bertz CT molecular complexity index is 1880. The maximum absolute atomic E-state index is 13.1. The van der Waals surface area contributed by atoms with E-state index in [1.807, 2.05) is 0 Å². The summed E-state index contributed by atoms with van der Waals surface area (Å²) in [6.45, 7) is 14.3. The minimum Gasteiger partial charge on any atom is -0.481 e. The topological polar surface area (TPSA) is 312 Å². The Balaban J connectivity index is 1.03. The van der Waals surface area contributed by atoms with Gasteiger partial charge in [-0.3, -0.25) is 4.79 Å². The molecule has 0 unspecified atom stereocenters. The third kappa shape index (κ3) is 8.06. The van der Waals surface area contributed by atoms with Crippen LogP contribution in [-0.2, 0) is 38.0 Å². The molecular weight excluding hydrogens is 881 g/mol. The number of aliphatic carboxylic acids is 2. The Morgan fingerprint density at radius 2 is 1.22 bits per heavy atom. The van der Waals surface area contributed by atoms with Crippen molar-refractivity contribution in [3.8, 4) is 0 Å². The molecule has 19 nitrogen and oxygen atoms in total. The van der Waals surface area contributed by atoms with Crippen LogP contribution in [0.5, 0.6) is 0 Å². The molecule has 7 fully saturated rings. The predicted molar refractivity (Wildman–Crippen MR) is 231 cm³/mol. The van der Waals surface area contributed by atoms with E-state index in [0.717, 1.165) is 44.9 Å². The van der Waals surface area contributed by atoms with E-state index in [1.165, 1.54) is 5.57 Å². The molecule has 19 heteroatoms. The van der Waals surface area contributed by atoms with Crippen LogP contribution in [0.1, 0.15) is 113 Å². The molecule has 67 heavy (non-hydrogen) atoms. The monoisotopic (exact) mass is 956 g/mol. The first kappa shape index (κ1) is 51.4. The highest BCUT2D eigenvalue weighted by Crippen LogP contribution is 2.76. The lowest BCUT2D eigenvalue weighted by molar-refractivity contribution is -0.390. The number of aliphatic hydroxyl groups is 9. The van der Waals surface area contributed by atoms with Crippen molar-refractivity contribution in [3.05, 3.63) is 11.6 Å². The molecule has 382 valence electrons. The first-order chi connectivity index (χ1) is 31.2. The van der Waals surface area contributed by atoms with Gasteiger partial charge in [0.1, 0.15) is 67.1 Å². The Morgan fingerprint density at radius 1 is 0.627 bits per heavy atom. The number of hydrogen-bond donors (Lipinski definition) is 11. The molecule has 8 aliphatic rings. The molecule has 3 heterocycles. The summed E-state index contributed by atoms with van der Waals surface area (Å²) in [5.74, 6) is -1.91. The van der Waals surface area contributed by atoms with Crippen molar-refractivity contribution in [1.82, 2.24) is 0 Å². The van der Waals surface area contributed by atoms with Crippen LogP contribution in [-0.4, -0.2) is 180 Å². The van der Waals surface area contributed by atoms with Gasteiger partial charge in [0, 0.05) is 0 Å². The van der Waals surface area contributed by atoms with Gasteiger partial charge in [-0.2, -0.15) is 0 Å². The average molecular weight is 957 g/mol. The lowest BCUT2D eigenvalue weighted by Crippen LogP contribution is -2.68. The van der Waals surface area contributed by atoms with Gasteiger partial charge in [0.25, 0.3) is 0 Å². The number of rotatable bonds is 10.